The summed E-state index contributed by atoms with van der Waals surface area (Å²) in [4.78, 5) is 11.4. The van der Waals surface area contributed by atoms with Crippen molar-refractivity contribution in [3.63, 3.8) is 0 Å². The Hall–Kier alpha value is -1.19. The highest BCUT2D eigenvalue weighted by Gasteiger charge is 2.12. The molecule has 112 valence electrons. The number of hydrogen-bond donors (Lipinski definition) is 2. The number of ether oxygens (including phenoxy) is 2. The van der Waals surface area contributed by atoms with Crippen molar-refractivity contribution in [2.75, 3.05) is 32.2 Å². The third kappa shape index (κ3) is 5.43. The summed E-state index contributed by atoms with van der Waals surface area (Å²) in [6, 6.07) is 3.77. The zero-order chi connectivity index (χ0) is 15.2. The lowest BCUT2D eigenvalue weighted by Crippen LogP contribution is -2.20. The van der Waals surface area contributed by atoms with Crippen molar-refractivity contribution < 1.29 is 22.7 Å². The molecule has 0 atom stereocenters. The Morgan fingerprint density at radius 1 is 1.40 bits per heavy atom. The van der Waals surface area contributed by atoms with E-state index in [4.69, 9.17) is 26.2 Å². The quantitative estimate of drug-likeness (QED) is 0.714. The van der Waals surface area contributed by atoms with E-state index in [9.17, 15) is 13.2 Å². The molecule has 1 amide bonds. The minimum atomic E-state index is -3.86. The number of carbonyl (C=O) groups excluding carboxylic acids is 1. The van der Waals surface area contributed by atoms with Crippen molar-refractivity contribution in [1.82, 2.24) is 0 Å². The van der Waals surface area contributed by atoms with E-state index < -0.39 is 15.9 Å². The van der Waals surface area contributed by atoms with Gasteiger partial charge in [-0.1, -0.05) is 11.6 Å². The van der Waals surface area contributed by atoms with Crippen LogP contribution in [-0.4, -0.2) is 41.3 Å². The van der Waals surface area contributed by atoms with Gasteiger partial charge in [0.2, 0.25) is 15.9 Å². The maximum Gasteiger partial charge on any atom is 0.250 e. The number of primary sulfonamides is 1. The standard InChI is InChI=1S/C11H15ClN2O5S/c1-18-4-5-19-7-11(15)14-10-6-8(20(13,16)17)2-3-9(10)12/h2-3,6H,4-5,7H2,1H3,(H,14,15)(H2,13,16,17). The van der Waals surface area contributed by atoms with Crippen molar-refractivity contribution in [3.8, 4) is 0 Å². The van der Waals surface area contributed by atoms with Crippen LogP contribution in [0.2, 0.25) is 5.02 Å². The van der Waals surface area contributed by atoms with E-state index in [0.717, 1.165) is 0 Å². The van der Waals surface area contributed by atoms with Crippen LogP contribution < -0.4 is 10.5 Å². The van der Waals surface area contributed by atoms with Gasteiger partial charge in [-0.3, -0.25) is 4.79 Å². The van der Waals surface area contributed by atoms with Crippen LogP contribution in [0.15, 0.2) is 23.1 Å². The Balaban J connectivity index is 2.69. The number of amides is 1. The fraction of sp³-hybridized carbons (Fsp3) is 0.364. The molecule has 0 aliphatic carbocycles. The van der Waals surface area contributed by atoms with Crippen molar-refractivity contribution in [3.05, 3.63) is 23.2 Å². The van der Waals surface area contributed by atoms with Gasteiger partial charge in [-0.15, -0.1) is 0 Å². The molecule has 0 saturated heterocycles. The summed E-state index contributed by atoms with van der Waals surface area (Å²) in [5.74, 6) is -0.463. The largest absolute Gasteiger partial charge is 0.382 e. The van der Waals surface area contributed by atoms with E-state index in [2.05, 4.69) is 5.32 Å². The Bertz CT molecular complexity index is 576. The van der Waals surface area contributed by atoms with Gasteiger partial charge in [0.25, 0.3) is 0 Å². The maximum atomic E-state index is 11.6. The lowest BCUT2D eigenvalue weighted by molar-refractivity contribution is -0.121. The predicted molar refractivity (Wildman–Crippen MR) is 74.1 cm³/mol. The van der Waals surface area contributed by atoms with E-state index >= 15 is 0 Å². The second kappa shape index (κ2) is 7.55. The van der Waals surface area contributed by atoms with Crippen molar-refractivity contribution >= 4 is 33.2 Å². The number of carbonyl (C=O) groups is 1. The van der Waals surface area contributed by atoms with Gasteiger partial charge in [0.15, 0.2) is 0 Å². The highest BCUT2D eigenvalue weighted by Crippen LogP contribution is 2.24. The zero-order valence-electron chi connectivity index (χ0n) is 10.8. The van der Waals surface area contributed by atoms with Crippen LogP contribution in [0, 0.1) is 0 Å². The minimum absolute atomic E-state index is 0.141. The number of halogens is 1. The van der Waals surface area contributed by atoms with Crippen LogP contribution in [0.1, 0.15) is 0 Å². The second-order valence-electron chi connectivity index (χ2n) is 3.78. The van der Waals surface area contributed by atoms with Gasteiger partial charge in [-0.2, -0.15) is 0 Å². The van der Waals surface area contributed by atoms with E-state index in [-0.39, 0.29) is 28.8 Å². The average Bonchev–Trinajstić information content (AvgIpc) is 2.36. The molecule has 0 spiro atoms. The summed E-state index contributed by atoms with van der Waals surface area (Å²) in [5.41, 5.74) is 0.151. The zero-order valence-corrected chi connectivity index (χ0v) is 12.3. The highest BCUT2D eigenvalue weighted by atomic mass is 35.5. The van der Waals surface area contributed by atoms with Crippen molar-refractivity contribution in [2.45, 2.75) is 4.90 Å². The Labute approximate surface area is 122 Å². The number of anilines is 1. The normalized spacial score (nSPS) is 11.3. The highest BCUT2D eigenvalue weighted by molar-refractivity contribution is 7.89. The van der Waals surface area contributed by atoms with E-state index in [1.54, 1.807) is 0 Å². The molecular formula is C11H15ClN2O5S. The van der Waals surface area contributed by atoms with Gasteiger partial charge in [0.05, 0.1) is 28.8 Å². The summed E-state index contributed by atoms with van der Waals surface area (Å²) in [7, 11) is -2.34. The van der Waals surface area contributed by atoms with Crippen LogP contribution in [0.25, 0.3) is 0 Å². The van der Waals surface area contributed by atoms with Crippen molar-refractivity contribution in [1.29, 1.82) is 0 Å². The molecule has 1 aromatic rings. The Morgan fingerprint density at radius 2 is 2.10 bits per heavy atom. The molecule has 0 aliphatic heterocycles. The van der Waals surface area contributed by atoms with Crippen LogP contribution in [0.5, 0.6) is 0 Å². The van der Waals surface area contributed by atoms with E-state index in [0.29, 0.717) is 6.61 Å². The molecule has 0 aliphatic rings. The van der Waals surface area contributed by atoms with Crippen molar-refractivity contribution in [2.24, 2.45) is 5.14 Å². The molecule has 3 N–H and O–H groups in total. The van der Waals surface area contributed by atoms with Crippen LogP contribution in [0.3, 0.4) is 0 Å². The molecule has 0 bridgehead atoms. The number of nitrogens with one attached hydrogen (secondary N) is 1. The fourth-order valence-corrected chi connectivity index (χ4v) is 1.98. The Kier molecular flexibility index (Phi) is 6.37. The average molecular weight is 323 g/mol. The third-order valence-corrected chi connectivity index (χ3v) is 3.45. The maximum absolute atomic E-state index is 11.6. The van der Waals surface area contributed by atoms with Gasteiger partial charge >= 0.3 is 0 Å². The summed E-state index contributed by atoms with van der Waals surface area (Å²) >= 11 is 5.86. The third-order valence-electron chi connectivity index (χ3n) is 2.21. The number of rotatable bonds is 7. The number of hydrogen-bond acceptors (Lipinski definition) is 5. The van der Waals surface area contributed by atoms with Crippen LogP contribution in [0.4, 0.5) is 5.69 Å². The monoisotopic (exact) mass is 322 g/mol. The summed E-state index contributed by atoms with van der Waals surface area (Å²) in [5, 5.41) is 7.64. The molecule has 9 heteroatoms. The molecular weight excluding hydrogens is 308 g/mol. The minimum Gasteiger partial charge on any atom is -0.382 e. The van der Waals surface area contributed by atoms with E-state index in [1.165, 1.54) is 25.3 Å². The first kappa shape index (κ1) is 16.9. The molecule has 1 rings (SSSR count). The number of nitrogens with two attached hydrogens (primary N) is 1. The molecule has 20 heavy (non-hydrogen) atoms. The SMILES string of the molecule is COCCOCC(=O)Nc1cc(S(N)(=O)=O)ccc1Cl. The molecule has 7 nitrogen and oxygen atoms in total. The van der Waals surface area contributed by atoms with Crippen LogP contribution >= 0.6 is 11.6 Å². The predicted octanol–water partition coefficient (Wildman–Crippen LogP) is 0.589. The molecule has 0 heterocycles. The molecule has 1 aromatic carbocycles. The first-order valence-corrected chi connectivity index (χ1v) is 7.46. The Morgan fingerprint density at radius 3 is 2.70 bits per heavy atom. The summed E-state index contributed by atoms with van der Waals surface area (Å²) in [6.07, 6.45) is 0. The fourth-order valence-electron chi connectivity index (χ4n) is 1.27. The number of benzene rings is 1. The molecule has 0 saturated carbocycles. The number of sulfonamides is 1. The lowest BCUT2D eigenvalue weighted by atomic mass is 10.3. The molecule has 0 aromatic heterocycles. The first-order chi connectivity index (χ1) is 9.34. The molecule has 0 radical (unpaired) electrons. The number of methoxy groups -OCH3 is 1. The topological polar surface area (TPSA) is 108 Å². The van der Waals surface area contributed by atoms with Gasteiger partial charge in [-0.05, 0) is 18.2 Å². The summed E-state index contributed by atoms with van der Waals surface area (Å²) in [6.45, 7) is 0.448. The van der Waals surface area contributed by atoms with E-state index in [1.807, 2.05) is 0 Å². The molecule has 0 fully saturated rings. The smallest absolute Gasteiger partial charge is 0.250 e. The van der Waals surface area contributed by atoms with Gasteiger partial charge in [0.1, 0.15) is 6.61 Å². The van der Waals surface area contributed by atoms with Gasteiger partial charge < -0.3 is 14.8 Å². The first-order valence-electron chi connectivity index (χ1n) is 5.53. The second-order valence-corrected chi connectivity index (χ2v) is 5.75. The lowest BCUT2D eigenvalue weighted by Gasteiger charge is -2.09. The summed E-state index contributed by atoms with van der Waals surface area (Å²) < 4.78 is 32.2. The molecule has 0 unspecified atom stereocenters. The van der Waals surface area contributed by atoms with Gasteiger partial charge in [0, 0.05) is 7.11 Å². The van der Waals surface area contributed by atoms with Crippen LogP contribution in [-0.2, 0) is 24.3 Å². The van der Waals surface area contributed by atoms with Gasteiger partial charge in [-0.25, -0.2) is 13.6 Å².